The Morgan fingerprint density at radius 2 is 2.00 bits per heavy atom. The van der Waals surface area contributed by atoms with E-state index < -0.39 is 5.82 Å². The van der Waals surface area contributed by atoms with Gasteiger partial charge in [-0.1, -0.05) is 46.1 Å². The third kappa shape index (κ3) is 3.12. The van der Waals surface area contributed by atoms with Crippen LogP contribution in [0.25, 0.3) is 0 Å². The highest BCUT2D eigenvalue weighted by molar-refractivity contribution is 9.09. The van der Waals surface area contributed by atoms with Crippen LogP contribution in [0.2, 0.25) is 10.0 Å². The van der Waals surface area contributed by atoms with Gasteiger partial charge in [-0.3, -0.25) is 0 Å². The van der Waals surface area contributed by atoms with Crippen LogP contribution < -0.4 is 0 Å². The number of hydrogen-bond donors (Lipinski definition) is 0. The maximum atomic E-state index is 13.0. The van der Waals surface area contributed by atoms with E-state index in [1.54, 1.807) is 0 Å². The van der Waals surface area contributed by atoms with E-state index in [0.29, 0.717) is 11.4 Å². The first-order valence-electron chi connectivity index (χ1n) is 3.78. The van der Waals surface area contributed by atoms with E-state index in [1.165, 1.54) is 12.1 Å². The van der Waals surface area contributed by atoms with Crippen LogP contribution in [0.15, 0.2) is 12.1 Å². The van der Waals surface area contributed by atoms with Gasteiger partial charge in [-0.2, -0.15) is 0 Å². The highest BCUT2D eigenvalue weighted by Crippen LogP contribution is 2.26. The second-order valence-electron chi connectivity index (χ2n) is 2.84. The Hall–Kier alpha value is 0.210. The van der Waals surface area contributed by atoms with E-state index in [-0.39, 0.29) is 9.85 Å². The lowest BCUT2D eigenvalue weighted by atomic mass is 10.1. The summed E-state index contributed by atoms with van der Waals surface area (Å²) in [5.74, 6) is -0.422. The molecule has 0 aliphatic rings. The van der Waals surface area contributed by atoms with E-state index in [1.807, 2.05) is 6.92 Å². The minimum atomic E-state index is -0.422. The van der Waals surface area contributed by atoms with Gasteiger partial charge in [0.25, 0.3) is 0 Å². The average Bonchev–Trinajstić information content (AvgIpc) is 1.99. The molecule has 0 aliphatic heterocycles. The SMILES string of the molecule is CC(Br)Cc1cc(F)c(Cl)cc1Cl. The van der Waals surface area contributed by atoms with Gasteiger partial charge < -0.3 is 0 Å². The fourth-order valence-corrected chi connectivity index (χ4v) is 1.83. The highest BCUT2D eigenvalue weighted by Gasteiger charge is 2.08. The van der Waals surface area contributed by atoms with Crippen LogP contribution in [0.4, 0.5) is 4.39 Å². The zero-order valence-corrected chi connectivity index (χ0v) is 10.0. The predicted octanol–water partition coefficient (Wildman–Crippen LogP) is 4.46. The van der Waals surface area contributed by atoms with Crippen molar-refractivity contribution in [2.75, 3.05) is 0 Å². The van der Waals surface area contributed by atoms with Crippen LogP contribution in [0.3, 0.4) is 0 Å². The van der Waals surface area contributed by atoms with Gasteiger partial charge in [-0.05, 0) is 24.1 Å². The predicted molar refractivity (Wildman–Crippen MR) is 58.5 cm³/mol. The molecule has 0 amide bonds. The summed E-state index contributed by atoms with van der Waals surface area (Å²) in [6.45, 7) is 1.98. The van der Waals surface area contributed by atoms with Gasteiger partial charge in [-0.15, -0.1) is 0 Å². The minimum absolute atomic E-state index is 0.0657. The topological polar surface area (TPSA) is 0 Å². The Labute approximate surface area is 95.2 Å². The molecule has 0 aromatic heterocycles. The lowest BCUT2D eigenvalue weighted by molar-refractivity contribution is 0.625. The molecule has 0 fully saturated rings. The van der Waals surface area contributed by atoms with E-state index in [2.05, 4.69) is 15.9 Å². The molecule has 1 aromatic carbocycles. The number of alkyl halides is 1. The second-order valence-corrected chi connectivity index (χ2v) is 5.22. The zero-order valence-electron chi connectivity index (χ0n) is 6.95. The van der Waals surface area contributed by atoms with E-state index >= 15 is 0 Å². The minimum Gasteiger partial charge on any atom is -0.205 e. The van der Waals surface area contributed by atoms with Crippen molar-refractivity contribution < 1.29 is 4.39 Å². The maximum absolute atomic E-state index is 13.0. The highest BCUT2D eigenvalue weighted by atomic mass is 79.9. The molecule has 72 valence electrons. The van der Waals surface area contributed by atoms with Gasteiger partial charge in [0.05, 0.1) is 5.02 Å². The molecule has 13 heavy (non-hydrogen) atoms. The summed E-state index contributed by atoms with van der Waals surface area (Å²) in [5, 5.41) is 0.577. The van der Waals surface area contributed by atoms with Crippen LogP contribution in [-0.4, -0.2) is 4.83 Å². The number of rotatable bonds is 2. The van der Waals surface area contributed by atoms with Crippen molar-refractivity contribution in [2.45, 2.75) is 18.2 Å². The van der Waals surface area contributed by atoms with Gasteiger partial charge >= 0.3 is 0 Å². The first-order chi connectivity index (χ1) is 6.00. The third-order valence-electron chi connectivity index (χ3n) is 1.59. The van der Waals surface area contributed by atoms with Crippen molar-refractivity contribution in [3.05, 3.63) is 33.6 Å². The van der Waals surface area contributed by atoms with Crippen LogP contribution in [-0.2, 0) is 6.42 Å². The standard InChI is InChI=1S/C9H8BrCl2F/c1-5(10)2-6-3-9(13)8(12)4-7(6)11/h3-5H,2H2,1H3. The van der Waals surface area contributed by atoms with Crippen molar-refractivity contribution in [3.8, 4) is 0 Å². The molecular weight excluding hydrogens is 278 g/mol. The second kappa shape index (κ2) is 4.63. The summed E-state index contributed by atoms with van der Waals surface area (Å²) in [6, 6.07) is 2.81. The molecule has 0 heterocycles. The summed E-state index contributed by atoms with van der Waals surface area (Å²) < 4.78 is 13.0. The van der Waals surface area contributed by atoms with Gasteiger partial charge in [0.2, 0.25) is 0 Å². The Kier molecular flexibility index (Phi) is 4.02. The zero-order chi connectivity index (χ0) is 10.0. The Balaban J connectivity index is 3.01. The summed E-state index contributed by atoms with van der Waals surface area (Å²) in [7, 11) is 0. The van der Waals surface area contributed by atoms with Crippen molar-refractivity contribution in [2.24, 2.45) is 0 Å². The summed E-state index contributed by atoms with van der Waals surface area (Å²) in [5.41, 5.74) is 0.771. The van der Waals surface area contributed by atoms with Crippen molar-refractivity contribution in [1.29, 1.82) is 0 Å². The molecule has 0 bridgehead atoms. The van der Waals surface area contributed by atoms with Gasteiger partial charge in [-0.25, -0.2) is 4.39 Å². The molecule has 0 nitrogen and oxygen atoms in total. The molecule has 0 saturated carbocycles. The number of hydrogen-bond acceptors (Lipinski definition) is 0. The van der Waals surface area contributed by atoms with E-state index in [0.717, 1.165) is 5.56 Å². The fraction of sp³-hybridized carbons (Fsp3) is 0.333. The normalized spacial score (nSPS) is 13.0. The molecule has 0 aliphatic carbocycles. The van der Waals surface area contributed by atoms with Crippen LogP contribution in [0.5, 0.6) is 0 Å². The van der Waals surface area contributed by atoms with Crippen molar-refractivity contribution in [3.63, 3.8) is 0 Å². The fourth-order valence-electron chi connectivity index (χ4n) is 1.02. The smallest absolute Gasteiger partial charge is 0.142 e. The summed E-state index contributed by atoms with van der Waals surface area (Å²) in [6.07, 6.45) is 0.687. The molecule has 1 atom stereocenters. The summed E-state index contributed by atoms with van der Waals surface area (Å²) >= 11 is 14.8. The lowest BCUT2D eigenvalue weighted by Crippen LogP contribution is -1.98. The van der Waals surface area contributed by atoms with Gasteiger partial charge in [0.15, 0.2) is 0 Å². The van der Waals surface area contributed by atoms with Crippen molar-refractivity contribution >= 4 is 39.1 Å². The van der Waals surface area contributed by atoms with Crippen LogP contribution >= 0.6 is 39.1 Å². The Bertz CT molecular complexity index is 313. The first kappa shape index (κ1) is 11.3. The lowest BCUT2D eigenvalue weighted by Gasteiger charge is -2.06. The molecule has 1 unspecified atom stereocenters. The maximum Gasteiger partial charge on any atom is 0.142 e. The molecule has 0 N–H and O–H groups in total. The molecular formula is C9H8BrCl2F. The molecule has 0 saturated heterocycles. The quantitative estimate of drug-likeness (QED) is 0.556. The molecule has 1 aromatic rings. The molecule has 0 radical (unpaired) electrons. The number of halogens is 4. The monoisotopic (exact) mass is 284 g/mol. The first-order valence-corrected chi connectivity index (χ1v) is 5.45. The van der Waals surface area contributed by atoms with E-state index in [9.17, 15) is 4.39 Å². The average molecular weight is 286 g/mol. The largest absolute Gasteiger partial charge is 0.205 e. The van der Waals surface area contributed by atoms with Crippen LogP contribution in [0.1, 0.15) is 12.5 Å². The van der Waals surface area contributed by atoms with Crippen LogP contribution in [0, 0.1) is 5.82 Å². The number of benzene rings is 1. The van der Waals surface area contributed by atoms with E-state index in [4.69, 9.17) is 23.2 Å². The Morgan fingerprint density at radius 1 is 1.38 bits per heavy atom. The summed E-state index contributed by atoms with van der Waals surface area (Å²) in [4.78, 5) is 0.269. The molecule has 0 spiro atoms. The van der Waals surface area contributed by atoms with Gasteiger partial charge in [0, 0.05) is 9.85 Å². The molecule has 1 rings (SSSR count). The Morgan fingerprint density at radius 3 is 2.54 bits per heavy atom. The van der Waals surface area contributed by atoms with Gasteiger partial charge in [0.1, 0.15) is 5.82 Å². The van der Waals surface area contributed by atoms with Crippen molar-refractivity contribution in [1.82, 2.24) is 0 Å². The molecule has 4 heteroatoms. The third-order valence-corrected chi connectivity index (χ3v) is 2.56.